The first-order valence-corrected chi connectivity index (χ1v) is 3.82. The lowest BCUT2D eigenvalue weighted by Gasteiger charge is -1.97. The molecule has 56 valence electrons. The minimum Gasteiger partial charge on any atom is -0.120 e. The fourth-order valence-electron chi connectivity index (χ4n) is 0.971. The number of terminal acetylenes is 1. The summed E-state index contributed by atoms with van der Waals surface area (Å²) in [6.45, 7) is 2.09. The molecule has 1 aromatic rings. The number of benzene rings is 1. The van der Waals surface area contributed by atoms with Crippen LogP contribution in [0.2, 0.25) is 0 Å². The van der Waals surface area contributed by atoms with Crippen LogP contribution < -0.4 is 0 Å². The molecule has 0 unspecified atom stereocenters. The van der Waals surface area contributed by atoms with Gasteiger partial charge >= 0.3 is 0 Å². The van der Waals surface area contributed by atoms with E-state index in [1.165, 1.54) is 11.1 Å². The summed E-state index contributed by atoms with van der Waals surface area (Å²) in [6.07, 6.45) is 6.99. The molecule has 0 spiro atoms. The standard InChI is InChI=1S/C11H12/c1-3-4-5-11-8-6-10(2)7-9-11/h1,6-9H,4-5H2,2H3. The normalized spacial score (nSPS) is 9.09. The van der Waals surface area contributed by atoms with E-state index < -0.39 is 0 Å². The Morgan fingerprint density at radius 2 is 1.91 bits per heavy atom. The third-order valence-corrected chi connectivity index (χ3v) is 1.68. The summed E-state index contributed by atoms with van der Waals surface area (Å²) < 4.78 is 0. The maximum Gasteiger partial charge on any atom is 0.0127 e. The lowest BCUT2D eigenvalue weighted by atomic mass is 10.1. The van der Waals surface area contributed by atoms with Crippen LogP contribution in [-0.2, 0) is 6.42 Å². The monoisotopic (exact) mass is 144 g/mol. The maximum atomic E-state index is 5.16. The largest absolute Gasteiger partial charge is 0.120 e. The second-order valence-electron chi connectivity index (χ2n) is 2.69. The van der Waals surface area contributed by atoms with Gasteiger partial charge in [-0.3, -0.25) is 0 Å². The molecule has 1 rings (SSSR count). The zero-order valence-corrected chi connectivity index (χ0v) is 6.80. The van der Waals surface area contributed by atoms with E-state index in [1.807, 2.05) is 0 Å². The van der Waals surface area contributed by atoms with Gasteiger partial charge in [0.15, 0.2) is 0 Å². The smallest absolute Gasteiger partial charge is 0.0127 e. The van der Waals surface area contributed by atoms with Crippen LogP contribution in [0.15, 0.2) is 24.3 Å². The van der Waals surface area contributed by atoms with Crippen LogP contribution >= 0.6 is 0 Å². The first-order chi connectivity index (χ1) is 5.33. The molecule has 0 atom stereocenters. The Balaban J connectivity index is 2.60. The summed E-state index contributed by atoms with van der Waals surface area (Å²) in [6, 6.07) is 8.50. The van der Waals surface area contributed by atoms with Crippen LogP contribution in [0.5, 0.6) is 0 Å². The van der Waals surface area contributed by atoms with Crippen LogP contribution in [0.4, 0.5) is 0 Å². The first kappa shape index (κ1) is 7.88. The van der Waals surface area contributed by atoms with Crippen molar-refractivity contribution in [1.29, 1.82) is 0 Å². The Morgan fingerprint density at radius 1 is 1.27 bits per heavy atom. The molecule has 0 nitrogen and oxygen atoms in total. The average Bonchev–Trinajstić information content (AvgIpc) is 2.04. The van der Waals surface area contributed by atoms with Gasteiger partial charge in [-0.2, -0.15) is 0 Å². The van der Waals surface area contributed by atoms with Gasteiger partial charge < -0.3 is 0 Å². The Hall–Kier alpha value is -1.22. The Morgan fingerprint density at radius 3 is 2.45 bits per heavy atom. The van der Waals surface area contributed by atoms with Gasteiger partial charge in [-0.1, -0.05) is 29.8 Å². The fourth-order valence-corrected chi connectivity index (χ4v) is 0.971. The summed E-state index contributed by atoms with van der Waals surface area (Å²) in [7, 11) is 0. The molecule has 0 N–H and O–H groups in total. The van der Waals surface area contributed by atoms with Crippen molar-refractivity contribution in [2.75, 3.05) is 0 Å². The summed E-state index contributed by atoms with van der Waals surface area (Å²) >= 11 is 0. The topological polar surface area (TPSA) is 0 Å². The summed E-state index contributed by atoms with van der Waals surface area (Å²) in [5, 5.41) is 0. The molecule has 0 heteroatoms. The van der Waals surface area contributed by atoms with Crippen molar-refractivity contribution >= 4 is 0 Å². The molecule has 0 fully saturated rings. The highest BCUT2D eigenvalue weighted by Crippen LogP contribution is 2.04. The molecule has 0 saturated carbocycles. The molecule has 11 heavy (non-hydrogen) atoms. The number of rotatable bonds is 2. The maximum absolute atomic E-state index is 5.16. The van der Waals surface area contributed by atoms with E-state index in [-0.39, 0.29) is 0 Å². The lowest BCUT2D eigenvalue weighted by molar-refractivity contribution is 1.03. The lowest BCUT2D eigenvalue weighted by Crippen LogP contribution is -1.82. The SMILES string of the molecule is C#CCCc1ccc(C)cc1. The second kappa shape index (κ2) is 3.83. The van der Waals surface area contributed by atoms with E-state index in [9.17, 15) is 0 Å². The first-order valence-electron chi connectivity index (χ1n) is 3.82. The molecule has 1 aromatic carbocycles. The summed E-state index contributed by atoms with van der Waals surface area (Å²) in [4.78, 5) is 0. The predicted octanol–water partition coefficient (Wildman–Crippen LogP) is 2.56. The summed E-state index contributed by atoms with van der Waals surface area (Å²) in [5.74, 6) is 2.63. The molecular weight excluding hydrogens is 132 g/mol. The van der Waals surface area contributed by atoms with Crippen molar-refractivity contribution in [3.05, 3.63) is 35.4 Å². The van der Waals surface area contributed by atoms with Crippen LogP contribution in [0, 0.1) is 19.3 Å². The van der Waals surface area contributed by atoms with E-state index in [4.69, 9.17) is 6.42 Å². The number of hydrogen-bond donors (Lipinski definition) is 0. The third kappa shape index (κ3) is 2.47. The van der Waals surface area contributed by atoms with Gasteiger partial charge in [-0.25, -0.2) is 0 Å². The van der Waals surface area contributed by atoms with Gasteiger partial charge in [0.2, 0.25) is 0 Å². The van der Waals surface area contributed by atoms with Crippen LogP contribution in [0.25, 0.3) is 0 Å². The van der Waals surface area contributed by atoms with E-state index in [1.54, 1.807) is 0 Å². The minimum atomic E-state index is 0.836. The van der Waals surface area contributed by atoms with E-state index in [0.717, 1.165) is 12.8 Å². The van der Waals surface area contributed by atoms with Gasteiger partial charge in [0.1, 0.15) is 0 Å². The Labute approximate surface area is 68.3 Å². The molecule has 0 heterocycles. The van der Waals surface area contributed by atoms with Crippen molar-refractivity contribution in [1.82, 2.24) is 0 Å². The van der Waals surface area contributed by atoms with Gasteiger partial charge in [0.05, 0.1) is 0 Å². The van der Waals surface area contributed by atoms with E-state index >= 15 is 0 Å². The molecular formula is C11H12. The minimum absolute atomic E-state index is 0.836. The fraction of sp³-hybridized carbons (Fsp3) is 0.273. The molecule has 0 aliphatic carbocycles. The zero-order valence-electron chi connectivity index (χ0n) is 6.80. The number of aryl methyl sites for hydroxylation is 2. The van der Waals surface area contributed by atoms with E-state index in [2.05, 4.69) is 37.1 Å². The Bertz CT molecular complexity index is 248. The van der Waals surface area contributed by atoms with Gasteiger partial charge in [-0.05, 0) is 18.9 Å². The van der Waals surface area contributed by atoms with Crippen molar-refractivity contribution in [2.24, 2.45) is 0 Å². The van der Waals surface area contributed by atoms with Gasteiger partial charge in [-0.15, -0.1) is 12.3 Å². The molecule has 0 bridgehead atoms. The van der Waals surface area contributed by atoms with Gasteiger partial charge in [0.25, 0.3) is 0 Å². The third-order valence-electron chi connectivity index (χ3n) is 1.68. The highest BCUT2D eigenvalue weighted by Gasteiger charge is 1.89. The molecule has 0 aromatic heterocycles. The van der Waals surface area contributed by atoms with Crippen molar-refractivity contribution in [3.8, 4) is 12.3 Å². The second-order valence-corrected chi connectivity index (χ2v) is 2.69. The van der Waals surface area contributed by atoms with Crippen LogP contribution in [-0.4, -0.2) is 0 Å². The predicted molar refractivity (Wildman–Crippen MR) is 48.3 cm³/mol. The van der Waals surface area contributed by atoms with E-state index in [0.29, 0.717) is 0 Å². The molecule has 0 aliphatic rings. The molecule has 0 aliphatic heterocycles. The number of hydrogen-bond acceptors (Lipinski definition) is 0. The van der Waals surface area contributed by atoms with Gasteiger partial charge in [0, 0.05) is 6.42 Å². The van der Waals surface area contributed by atoms with Crippen molar-refractivity contribution in [3.63, 3.8) is 0 Å². The molecule has 0 saturated heterocycles. The molecule has 0 amide bonds. The summed E-state index contributed by atoms with van der Waals surface area (Å²) in [5.41, 5.74) is 2.63. The quantitative estimate of drug-likeness (QED) is 0.559. The van der Waals surface area contributed by atoms with Crippen molar-refractivity contribution in [2.45, 2.75) is 19.8 Å². The Kier molecular flexibility index (Phi) is 2.74. The van der Waals surface area contributed by atoms with Crippen LogP contribution in [0.1, 0.15) is 17.5 Å². The van der Waals surface area contributed by atoms with Crippen LogP contribution in [0.3, 0.4) is 0 Å². The zero-order chi connectivity index (χ0) is 8.10. The highest BCUT2D eigenvalue weighted by molar-refractivity contribution is 5.21. The van der Waals surface area contributed by atoms with Crippen molar-refractivity contribution < 1.29 is 0 Å². The highest BCUT2D eigenvalue weighted by atomic mass is 13.9. The molecule has 0 radical (unpaired) electrons. The average molecular weight is 144 g/mol.